The SMILES string of the molecule is CCS/C(=N\C(=O)OC)N(N=C(C)C)C(=O)OC. The van der Waals surface area contributed by atoms with E-state index in [1.54, 1.807) is 13.8 Å². The van der Waals surface area contributed by atoms with Gasteiger partial charge in [0.2, 0.25) is 5.17 Å². The number of carbonyl (C=O) groups is 2. The van der Waals surface area contributed by atoms with Crippen molar-refractivity contribution in [2.75, 3.05) is 20.0 Å². The van der Waals surface area contributed by atoms with Crippen LogP contribution in [-0.2, 0) is 9.47 Å². The maximum Gasteiger partial charge on any atom is 0.436 e. The first-order valence-electron chi connectivity index (χ1n) is 5.15. The molecule has 0 aliphatic carbocycles. The van der Waals surface area contributed by atoms with E-state index in [0.717, 1.165) is 5.01 Å². The molecule has 18 heavy (non-hydrogen) atoms. The molecule has 7 nitrogen and oxygen atoms in total. The van der Waals surface area contributed by atoms with Crippen molar-refractivity contribution in [2.45, 2.75) is 20.8 Å². The second-order valence-corrected chi connectivity index (χ2v) is 4.36. The van der Waals surface area contributed by atoms with Crippen LogP contribution in [0.4, 0.5) is 9.59 Å². The van der Waals surface area contributed by atoms with E-state index < -0.39 is 12.2 Å². The topological polar surface area (TPSA) is 80.6 Å². The van der Waals surface area contributed by atoms with Crippen LogP contribution in [0.15, 0.2) is 10.1 Å². The van der Waals surface area contributed by atoms with Crippen LogP contribution in [0.3, 0.4) is 0 Å². The molecule has 0 atom stereocenters. The number of nitrogens with zero attached hydrogens (tertiary/aromatic N) is 3. The third-order valence-corrected chi connectivity index (χ3v) is 2.27. The fourth-order valence-corrected chi connectivity index (χ4v) is 1.48. The normalized spacial score (nSPS) is 10.6. The van der Waals surface area contributed by atoms with Crippen LogP contribution >= 0.6 is 11.8 Å². The molecular weight excluding hydrogens is 258 g/mol. The van der Waals surface area contributed by atoms with Crippen molar-refractivity contribution in [3.05, 3.63) is 0 Å². The minimum Gasteiger partial charge on any atom is -0.451 e. The van der Waals surface area contributed by atoms with Crippen LogP contribution in [-0.4, -0.2) is 48.0 Å². The number of methoxy groups -OCH3 is 2. The largest absolute Gasteiger partial charge is 0.451 e. The summed E-state index contributed by atoms with van der Waals surface area (Å²) in [6.07, 6.45) is -1.52. The van der Waals surface area contributed by atoms with Crippen molar-refractivity contribution in [1.82, 2.24) is 5.01 Å². The first-order valence-corrected chi connectivity index (χ1v) is 6.14. The van der Waals surface area contributed by atoms with E-state index in [1.807, 2.05) is 6.92 Å². The van der Waals surface area contributed by atoms with Crippen LogP contribution in [0.1, 0.15) is 20.8 Å². The molecule has 0 spiro atoms. The summed E-state index contributed by atoms with van der Waals surface area (Å²) in [5.41, 5.74) is 0.620. The lowest BCUT2D eigenvalue weighted by molar-refractivity contribution is 0.147. The lowest BCUT2D eigenvalue weighted by Gasteiger charge is -2.16. The van der Waals surface area contributed by atoms with Crippen LogP contribution in [0.25, 0.3) is 0 Å². The van der Waals surface area contributed by atoms with Gasteiger partial charge in [-0.3, -0.25) is 0 Å². The zero-order valence-corrected chi connectivity index (χ0v) is 11.9. The van der Waals surface area contributed by atoms with Gasteiger partial charge in [-0.25, -0.2) is 9.59 Å². The molecule has 0 N–H and O–H groups in total. The van der Waals surface area contributed by atoms with Crippen molar-refractivity contribution in [3.63, 3.8) is 0 Å². The molecule has 0 aromatic heterocycles. The Kier molecular flexibility index (Phi) is 7.77. The number of carbonyl (C=O) groups excluding carboxylic acids is 2. The molecule has 0 bridgehead atoms. The fraction of sp³-hybridized carbons (Fsp3) is 0.600. The Hall–Kier alpha value is -1.57. The van der Waals surface area contributed by atoms with Gasteiger partial charge < -0.3 is 9.47 Å². The van der Waals surface area contributed by atoms with Crippen LogP contribution in [0.2, 0.25) is 0 Å². The molecule has 102 valence electrons. The second-order valence-electron chi connectivity index (χ2n) is 3.13. The average Bonchev–Trinajstić information content (AvgIpc) is 2.34. The molecule has 0 aliphatic rings. The summed E-state index contributed by atoms with van der Waals surface area (Å²) in [4.78, 5) is 26.4. The molecular formula is C10H17N3O4S. The van der Waals surface area contributed by atoms with Crippen molar-refractivity contribution < 1.29 is 19.1 Å². The van der Waals surface area contributed by atoms with Gasteiger partial charge in [0.1, 0.15) is 0 Å². The molecule has 0 aromatic rings. The van der Waals surface area contributed by atoms with Gasteiger partial charge in [0.25, 0.3) is 0 Å². The fourth-order valence-electron chi connectivity index (χ4n) is 0.842. The van der Waals surface area contributed by atoms with Gasteiger partial charge in [-0.15, -0.1) is 10.0 Å². The number of rotatable bonds is 2. The summed E-state index contributed by atoms with van der Waals surface area (Å²) in [5, 5.41) is 5.01. The van der Waals surface area contributed by atoms with Crippen LogP contribution in [0.5, 0.6) is 0 Å². The highest BCUT2D eigenvalue weighted by Gasteiger charge is 2.21. The van der Waals surface area contributed by atoms with Crippen LogP contribution < -0.4 is 0 Å². The van der Waals surface area contributed by atoms with E-state index in [1.165, 1.54) is 26.0 Å². The lowest BCUT2D eigenvalue weighted by atomic mass is 10.5. The van der Waals surface area contributed by atoms with E-state index in [2.05, 4.69) is 19.6 Å². The lowest BCUT2D eigenvalue weighted by Crippen LogP contribution is -2.32. The van der Waals surface area contributed by atoms with Gasteiger partial charge >= 0.3 is 12.2 Å². The molecule has 0 fully saturated rings. The molecule has 0 saturated carbocycles. The number of amides is 2. The molecule has 0 heterocycles. The summed E-state index contributed by atoms with van der Waals surface area (Å²) >= 11 is 1.18. The van der Waals surface area contributed by atoms with Gasteiger partial charge in [0.05, 0.1) is 14.2 Å². The van der Waals surface area contributed by atoms with E-state index in [0.29, 0.717) is 11.5 Å². The van der Waals surface area contributed by atoms with Gasteiger partial charge in [0, 0.05) is 5.71 Å². The summed E-state index contributed by atoms with van der Waals surface area (Å²) in [6.45, 7) is 5.28. The number of amidine groups is 1. The number of hydrogen-bond donors (Lipinski definition) is 0. The second kappa shape index (κ2) is 8.51. The third kappa shape index (κ3) is 5.67. The smallest absolute Gasteiger partial charge is 0.436 e. The molecule has 2 amide bonds. The third-order valence-electron chi connectivity index (χ3n) is 1.46. The standard InChI is InChI=1S/C10H17N3O4S/c1-6-18-8(11-9(14)16-4)13(10(15)17-5)12-7(2)3/h6H2,1-5H3/b11-8-. The number of hydrogen-bond acceptors (Lipinski definition) is 6. The quantitative estimate of drug-likeness (QED) is 0.439. The Morgan fingerprint density at radius 3 is 2.22 bits per heavy atom. The summed E-state index contributed by atoms with van der Waals surface area (Å²) < 4.78 is 9.02. The number of ether oxygens (including phenoxy) is 2. The first kappa shape index (κ1) is 16.4. The highest BCUT2D eigenvalue weighted by molar-refractivity contribution is 8.13. The maximum atomic E-state index is 11.6. The monoisotopic (exact) mass is 275 g/mol. The van der Waals surface area contributed by atoms with Crippen molar-refractivity contribution in [2.24, 2.45) is 10.1 Å². The number of hydrazone groups is 1. The molecule has 0 unspecified atom stereocenters. The Bertz CT molecular complexity index is 364. The van der Waals surface area contributed by atoms with Gasteiger partial charge in [-0.1, -0.05) is 18.7 Å². The number of thioether (sulfide) groups is 1. The molecule has 0 saturated heterocycles. The Morgan fingerprint density at radius 2 is 1.83 bits per heavy atom. The minimum absolute atomic E-state index is 0.109. The summed E-state index contributed by atoms with van der Waals surface area (Å²) in [6, 6.07) is 0. The molecule has 8 heteroatoms. The Morgan fingerprint density at radius 1 is 1.22 bits per heavy atom. The highest BCUT2D eigenvalue weighted by atomic mass is 32.2. The zero-order valence-electron chi connectivity index (χ0n) is 11.1. The van der Waals surface area contributed by atoms with Crippen molar-refractivity contribution >= 4 is 34.8 Å². The zero-order chi connectivity index (χ0) is 14.1. The van der Waals surface area contributed by atoms with Gasteiger partial charge in [0.15, 0.2) is 0 Å². The Labute approximate surface area is 110 Å². The van der Waals surface area contributed by atoms with Crippen molar-refractivity contribution in [3.8, 4) is 0 Å². The molecule has 0 rings (SSSR count). The minimum atomic E-state index is -0.802. The summed E-state index contributed by atoms with van der Waals surface area (Å²) in [7, 11) is 2.43. The first-order chi connectivity index (χ1) is 8.46. The number of aliphatic imine (C=N–C) groups is 1. The predicted molar refractivity (Wildman–Crippen MR) is 71.0 cm³/mol. The molecule has 0 radical (unpaired) electrons. The predicted octanol–water partition coefficient (Wildman–Crippen LogP) is 2.33. The average molecular weight is 275 g/mol. The molecule has 0 aliphatic heterocycles. The van der Waals surface area contributed by atoms with Gasteiger partial charge in [-0.2, -0.15) is 5.10 Å². The van der Waals surface area contributed by atoms with E-state index in [-0.39, 0.29) is 5.17 Å². The molecule has 0 aromatic carbocycles. The maximum absolute atomic E-state index is 11.6. The van der Waals surface area contributed by atoms with Gasteiger partial charge in [-0.05, 0) is 19.6 Å². The van der Waals surface area contributed by atoms with E-state index >= 15 is 0 Å². The summed E-state index contributed by atoms with van der Waals surface area (Å²) in [5.74, 6) is 0.613. The van der Waals surface area contributed by atoms with Crippen LogP contribution in [0, 0.1) is 0 Å². The van der Waals surface area contributed by atoms with Crippen molar-refractivity contribution in [1.29, 1.82) is 0 Å². The van der Waals surface area contributed by atoms with E-state index in [4.69, 9.17) is 0 Å². The Balaban J connectivity index is 5.34. The van der Waals surface area contributed by atoms with E-state index in [9.17, 15) is 9.59 Å². The highest BCUT2D eigenvalue weighted by Crippen LogP contribution is 2.12.